The highest BCUT2D eigenvalue weighted by Gasteiger charge is 2.34. The SMILES string of the molecule is O=C(Nc1ccc(F)cc1)C(Sc1nnc(N2CCOCC2)n1C1CC1)c1ccccc1. The minimum Gasteiger partial charge on any atom is -0.378 e. The number of halogens is 1. The Morgan fingerprint density at radius 3 is 2.47 bits per heavy atom. The Morgan fingerprint density at radius 2 is 1.78 bits per heavy atom. The molecule has 0 bridgehead atoms. The number of thioether (sulfide) groups is 1. The summed E-state index contributed by atoms with van der Waals surface area (Å²) < 4.78 is 20.9. The van der Waals surface area contributed by atoms with Crippen LogP contribution in [0.25, 0.3) is 0 Å². The molecule has 2 heterocycles. The lowest BCUT2D eigenvalue weighted by atomic mass is 10.1. The third-order valence-corrected chi connectivity index (χ3v) is 6.74. The van der Waals surface area contributed by atoms with Crippen LogP contribution in [0, 0.1) is 5.82 Å². The molecular formula is C23H24FN5O2S. The largest absolute Gasteiger partial charge is 0.378 e. The molecule has 1 aliphatic heterocycles. The van der Waals surface area contributed by atoms with Crippen LogP contribution in [0.15, 0.2) is 59.8 Å². The molecule has 2 aromatic carbocycles. The number of rotatable bonds is 7. The number of anilines is 2. The maximum absolute atomic E-state index is 13.3. The molecule has 2 aliphatic rings. The lowest BCUT2D eigenvalue weighted by Gasteiger charge is -2.28. The van der Waals surface area contributed by atoms with Gasteiger partial charge in [-0.15, -0.1) is 10.2 Å². The van der Waals surface area contributed by atoms with E-state index in [-0.39, 0.29) is 11.7 Å². The topological polar surface area (TPSA) is 72.3 Å². The van der Waals surface area contributed by atoms with Crippen molar-refractivity contribution in [2.45, 2.75) is 29.3 Å². The van der Waals surface area contributed by atoms with E-state index in [1.165, 1.54) is 23.9 Å². The van der Waals surface area contributed by atoms with Gasteiger partial charge in [-0.25, -0.2) is 4.39 Å². The van der Waals surface area contributed by atoms with Gasteiger partial charge < -0.3 is 15.0 Å². The summed E-state index contributed by atoms with van der Waals surface area (Å²) in [6, 6.07) is 15.8. The van der Waals surface area contributed by atoms with E-state index in [4.69, 9.17) is 4.74 Å². The summed E-state index contributed by atoms with van der Waals surface area (Å²) in [4.78, 5) is 15.5. The first-order chi connectivity index (χ1) is 15.7. The fraction of sp³-hybridized carbons (Fsp3) is 0.348. The van der Waals surface area contributed by atoms with E-state index in [0.717, 1.165) is 42.6 Å². The highest BCUT2D eigenvalue weighted by molar-refractivity contribution is 8.00. The number of amides is 1. The maximum atomic E-state index is 13.3. The monoisotopic (exact) mass is 453 g/mol. The number of nitrogens with one attached hydrogen (secondary N) is 1. The molecule has 1 atom stereocenters. The number of carbonyl (C=O) groups is 1. The minimum atomic E-state index is -0.527. The van der Waals surface area contributed by atoms with Crippen molar-refractivity contribution < 1.29 is 13.9 Å². The zero-order chi connectivity index (χ0) is 21.9. The van der Waals surface area contributed by atoms with Gasteiger partial charge in [0.2, 0.25) is 11.9 Å². The third kappa shape index (κ3) is 4.63. The number of morpholine rings is 1. The van der Waals surface area contributed by atoms with Crippen molar-refractivity contribution in [1.29, 1.82) is 0 Å². The first kappa shape index (κ1) is 21.0. The normalized spacial score (nSPS) is 17.2. The smallest absolute Gasteiger partial charge is 0.242 e. The molecule has 7 nitrogen and oxygen atoms in total. The second-order valence-corrected chi connectivity index (χ2v) is 8.96. The quantitative estimate of drug-likeness (QED) is 0.544. The molecule has 3 aromatic rings. The number of ether oxygens (including phenoxy) is 1. The van der Waals surface area contributed by atoms with E-state index >= 15 is 0 Å². The summed E-state index contributed by atoms with van der Waals surface area (Å²) in [5.74, 6) is 0.320. The van der Waals surface area contributed by atoms with Gasteiger partial charge in [0.05, 0.1) is 13.2 Å². The average Bonchev–Trinajstić information content (AvgIpc) is 3.59. The molecule has 166 valence electrons. The van der Waals surface area contributed by atoms with Gasteiger partial charge in [0.1, 0.15) is 11.1 Å². The van der Waals surface area contributed by atoms with Crippen LogP contribution in [0.5, 0.6) is 0 Å². The van der Waals surface area contributed by atoms with Crippen LogP contribution in [-0.4, -0.2) is 47.0 Å². The van der Waals surface area contributed by atoms with Crippen molar-refractivity contribution >= 4 is 29.3 Å². The van der Waals surface area contributed by atoms with Crippen LogP contribution in [0.1, 0.15) is 29.7 Å². The number of nitrogens with zero attached hydrogens (tertiary/aromatic N) is 4. The van der Waals surface area contributed by atoms with Gasteiger partial charge in [-0.2, -0.15) is 0 Å². The third-order valence-electron chi connectivity index (χ3n) is 5.53. The first-order valence-electron chi connectivity index (χ1n) is 10.7. The van der Waals surface area contributed by atoms with Crippen LogP contribution in [0.3, 0.4) is 0 Å². The predicted molar refractivity (Wildman–Crippen MR) is 121 cm³/mol. The minimum absolute atomic E-state index is 0.189. The van der Waals surface area contributed by atoms with Crippen molar-refractivity contribution in [2.75, 3.05) is 36.5 Å². The number of aromatic nitrogens is 3. The van der Waals surface area contributed by atoms with Gasteiger partial charge in [0, 0.05) is 24.8 Å². The molecule has 5 rings (SSSR count). The first-order valence-corrected chi connectivity index (χ1v) is 11.6. The summed E-state index contributed by atoms with van der Waals surface area (Å²) in [6.45, 7) is 2.91. The van der Waals surface area contributed by atoms with Gasteiger partial charge in [-0.05, 0) is 42.7 Å². The van der Waals surface area contributed by atoms with E-state index in [9.17, 15) is 9.18 Å². The fourth-order valence-corrected chi connectivity index (χ4v) is 4.83. The average molecular weight is 454 g/mol. The van der Waals surface area contributed by atoms with Gasteiger partial charge in [0.15, 0.2) is 5.16 Å². The number of benzene rings is 2. The van der Waals surface area contributed by atoms with Crippen molar-refractivity contribution in [3.63, 3.8) is 0 Å². The van der Waals surface area contributed by atoms with Crippen molar-refractivity contribution in [3.05, 3.63) is 66.0 Å². The number of hydrogen-bond acceptors (Lipinski definition) is 6. The van der Waals surface area contributed by atoms with E-state index in [2.05, 4.69) is 25.0 Å². The second-order valence-electron chi connectivity index (χ2n) is 7.89. The molecule has 1 saturated heterocycles. The zero-order valence-electron chi connectivity index (χ0n) is 17.5. The molecule has 1 N–H and O–H groups in total. The maximum Gasteiger partial charge on any atom is 0.242 e. The summed E-state index contributed by atoms with van der Waals surface area (Å²) in [7, 11) is 0. The standard InChI is InChI=1S/C23H24FN5O2S/c24-17-6-8-18(9-7-17)25-21(30)20(16-4-2-1-3-5-16)32-23-27-26-22(29(23)19-10-11-19)28-12-14-31-15-13-28/h1-9,19-20H,10-15H2,(H,25,30). The van der Waals surface area contributed by atoms with E-state index < -0.39 is 5.25 Å². The van der Waals surface area contributed by atoms with Crippen LogP contribution in [0.2, 0.25) is 0 Å². The van der Waals surface area contributed by atoms with E-state index in [1.807, 2.05) is 30.3 Å². The van der Waals surface area contributed by atoms with Crippen molar-refractivity contribution in [1.82, 2.24) is 14.8 Å². The van der Waals surface area contributed by atoms with Crippen LogP contribution >= 0.6 is 11.8 Å². The molecule has 1 aliphatic carbocycles. The lowest BCUT2D eigenvalue weighted by molar-refractivity contribution is -0.115. The predicted octanol–water partition coefficient (Wildman–Crippen LogP) is 4.06. The molecule has 1 saturated carbocycles. The van der Waals surface area contributed by atoms with Gasteiger partial charge >= 0.3 is 0 Å². The Hall–Kier alpha value is -2.91. The number of carbonyl (C=O) groups excluding carboxylic acids is 1. The lowest BCUT2D eigenvalue weighted by Crippen LogP contribution is -2.38. The van der Waals surface area contributed by atoms with Crippen LogP contribution < -0.4 is 10.2 Å². The highest BCUT2D eigenvalue weighted by atomic mass is 32.2. The Balaban J connectivity index is 1.43. The molecule has 1 aromatic heterocycles. The molecule has 32 heavy (non-hydrogen) atoms. The summed E-state index contributed by atoms with van der Waals surface area (Å²) in [5, 5.41) is 12.1. The Kier molecular flexibility index (Phi) is 6.09. The van der Waals surface area contributed by atoms with Gasteiger partial charge in [-0.3, -0.25) is 9.36 Å². The summed E-state index contributed by atoms with van der Waals surface area (Å²) in [6.07, 6.45) is 2.17. The summed E-state index contributed by atoms with van der Waals surface area (Å²) >= 11 is 1.40. The molecule has 1 amide bonds. The Morgan fingerprint density at radius 1 is 1.06 bits per heavy atom. The van der Waals surface area contributed by atoms with Crippen LogP contribution in [0.4, 0.5) is 16.0 Å². The van der Waals surface area contributed by atoms with E-state index in [1.54, 1.807) is 12.1 Å². The Labute approximate surface area is 190 Å². The molecular weight excluding hydrogens is 429 g/mol. The van der Waals surface area contributed by atoms with Gasteiger partial charge in [0.25, 0.3) is 0 Å². The Bertz CT molecular complexity index is 1070. The van der Waals surface area contributed by atoms with Gasteiger partial charge in [-0.1, -0.05) is 42.1 Å². The van der Waals surface area contributed by atoms with Crippen LogP contribution in [-0.2, 0) is 9.53 Å². The second kappa shape index (κ2) is 9.30. The highest BCUT2D eigenvalue weighted by Crippen LogP contribution is 2.44. The van der Waals surface area contributed by atoms with Crippen molar-refractivity contribution in [2.24, 2.45) is 0 Å². The molecule has 0 radical (unpaired) electrons. The summed E-state index contributed by atoms with van der Waals surface area (Å²) in [5.41, 5.74) is 1.42. The molecule has 2 fully saturated rings. The number of hydrogen-bond donors (Lipinski definition) is 1. The van der Waals surface area contributed by atoms with Crippen molar-refractivity contribution in [3.8, 4) is 0 Å². The van der Waals surface area contributed by atoms with E-state index in [0.29, 0.717) is 24.9 Å². The fourth-order valence-electron chi connectivity index (χ4n) is 3.73. The zero-order valence-corrected chi connectivity index (χ0v) is 18.3. The molecule has 0 spiro atoms. The molecule has 9 heteroatoms. The molecule has 1 unspecified atom stereocenters.